The number of nitrogens with one attached hydrogen (secondary N) is 3. The van der Waals surface area contributed by atoms with E-state index in [1.54, 1.807) is 12.1 Å². The molecule has 36 heavy (non-hydrogen) atoms. The van der Waals surface area contributed by atoms with Crippen LogP contribution in [0.15, 0.2) is 66.7 Å². The van der Waals surface area contributed by atoms with Gasteiger partial charge in [-0.1, -0.05) is 36.4 Å². The minimum absolute atomic E-state index is 0.201. The van der Waals surface area contributed by atoms with Gasteiger partial charge >= 0.3 is 6.09 Å². The Morgan fingerprint density at radius 2 is 1.94 bits per heavy atom. The van der Waals surface area contributed by atoms with Crippen molar-refractivity contribution in [2.45, 2.75) is 26.1 Å². The first-order chi connectivity index (χ1) is 17.5. The van der Waals surface area contributed by atoms with Crippen molar-refractivity contribution in [1.82, 2.24) is 20.6 Å². The number of hydrogen-bond acceptors (Lipinski definition) is 5. The molecule has 0 unspecified atom stereocenters. The van der Waals surface area contributed by atoms with Crippen LogP contribution in [0.1, 0.15) is 18.3 Å². The number of carbonyl (C=O) groups excluding carboxylic acids is 2. The molecule has 0 spiro atoms. The van der Waals surface area contributed by atoms with E-state index in [9.17, 15) is 14.0 Å². The molecule has 9 heteroatoms. The molecule has 3 N–H and O–H groups in total. The van der Waals surface area contributed by atoms with Crippen molar-refractivity contribution < 1.29 is 18.7 Å². The maximum atomic E-state index is 15.0. The highest BCUT2D eigenvalue weighted by atomic mass is 19.1. The lowest BCUT2D eigenvalue weighted by Gasteiger charge is -2.15. The molecule has 1 aliphatic heterocycles. The molecular formula is C27H26FN5O3. The van der Waals surface area contributed by atoms with Crippen molar-refractivity contribution in [3.8, 4) is 11.1 Å². The third-order valence-electron chi connectivity index (χ3n) is 6.04. The Hall–Kier alpha value is -4.24. The number of nitrogens with zero attached hydrogens (tertiary/aromatic N) is 2. The second kappa shape index (κ2) is 10.2. The third kappa shape index (κ3) is 5.21. The normalized spacial score (nSPS) is 15.3. The average Bonchev–Trinajstić information content (AvgIpc) is 3.46. The molecule has 1 fully saturated rings. The number of anilines is 1. The molecule has 4 aromatic rings. The molecule has 8 nitrogen and oxygen atoms in total. The number of rotatable bonds is 8. The topological polar surface area (TPSA) is 99.4 Å². The number of para-hydroxylation sites is 2. The first-order valence-electron chi connectivity index (χ1n) is 11.7. The molecule has 3 aromatic carbocycles. The van der Waals surface area contributed by atoms with Crippen LogP contribution in [0.25, 0.3) is 22.2 Å². The lowest BCUT2D eigenvalue weighted by Crippen LogP contribution is -2.33. The fourth-order valence-corrected chi connectivity index (χ4v) is 4.22. The zero-order valence-electron chi connectivity index (χ0n) is 19.8. The van der Waals surface area contributed by atoms with Gasteiger partial charge < -0.3 is 20.4 Å². The second-order valence-electron chi connectivity index (χ2n) is 8.72. The van der Waals surface area contributed by atoms with Crippen LogP contribution in [0, 0.1) is 5.82 Å². The maximum absolute atomic E-state index is 15.0. The maximum Gasteiger partial charge on any atom is 0.414 e. The number of carbonyl (C=O) groups is 2. The summed E-state index contributed by atoms with van der Waals surface area (Å²) in [6, 6.07) is 20.3. The molecule has 1 aromatic heterocycles. The van der Waals surface area contributed by atoms with E-state index in [4.69, 9.17) is 4.74 Å². The first kappa shape index (κ1) is 23.5. The van der Waals surface area contributed by atoms with Gasteiger partial charge in [0.05, 0.1) is 36.4 Å². The molecule has 0 radical (unpaired) electrons. The van der Waals surface area contributed by atoms with Gasteiger partial charge in [-0.25, -0.2) is 14.2 Å². The van der Waals surface area contributed by atoms with Crippen molar-refractivity contribution in [1.29, 1.82) is 0 Å². The highest BCUT2D eigenvalue weighted by Crippen LogP contribution is 2.29. The number of hydrogen-bond donors (Lipinski definition) is 3. The summed E-state index contributed by atoms with van der Waals surface area (Å²) in [5.74, 6) is 0.243. The number of aromatic amines is 1. The van der Waals surface area contributed by atoms with E-state index in [1.165, 1.54) is 17.9 Å². The van der Waals surface area contributed by atoms with Crippen molar-refractivity contribution in [3.05, 3.63) is 83.9 Å². The minimum Gasteiger partial charge on any atom is -0.442 e. The standard InChI is InChI=1S/C27H26FN5O3/c1-17(34)30-14-21-16-33(27(35)36-21)20-10-11-22(23(28)12-20)19-8-6-18(7-9-19)13-29-15-26-31-24-4-2-3-5-25(24)32-26/h2-12,21,29H,13-16H2,1H3,(H,30,34)(H,31,32)/t21-/m0/s1. The molecule has 2 amide bonds. The molecule has 0 saturated carbocycles. The average molecular weight is 488 g/mol. The van der Waals surface area contributed by atoms with Gasteiger partial charge in [-0.2, -0.15) is 0 Å². The molecule has 1 aliphatic rings. The summed E-state index contributed by atoms with van der Waals surface area (Å²) in [6.07, 6.45) is -1.03. The van der Waals surface area contributed by atoms with Crippen LogP contribution < -0.4 is 15.5 Å². The minimum atomic E-state index is -0.558. The smallest absolute Gasteiger partial charge is 0.414 e. The number of cyclic esters (lactones) is 1. The molecule has 5 rings (SSSR count). The number of benzene rings is 3. The Labute approximate surface area is 207 Å². The third-order valence-corrected chi connectivity index (χ3v) is 6.04. The van der Waals surface area contributed by atoms with Crippen molar-refractivity contribution >= 4 is 28.7 Å². The Morgan fingerprint density at radius 3 is 2.69 bits per heavy atom. The van der Waals surface area contributed by atoms with Crippen LogP contribution in [-0.2, 0) is 22.6 Å². The highest BCUT2D eigenvalue weighted by Gasteiger charge is 2.32. The predicted molar refractivity (Wildman–Crippen MR) is 135 cm³/mol. The lowest BCUT2D eigenvalue weighted by molar-refractivity contribution is -0.119. The Bertz CT molecular complexity index is 1370. The van der Waals surface area contributed by atoms with Crippen molar-refractivity contribution in [3.63, 3.8) is 0 Å². The van der Waals surface area contributed by atoms with E-state index in [0.29, 0.717) is 24.3 Å². The van der Waals surface area contributed by atoms with E-state index in [1.807, 2.05) is 48.5 Å². The van der Waals surface area contributed by atoms with Crippen LogP contribution in [0.4, 0.5) is 14.9 Å². The zero-order chi connectivity index (χ0) is 25.1. The number of H-pyrrole nitrogens is 1. The van der Waals surface area contributed by atoms with Crippen LogP contribution in [0.5, 0.6) is 0 Å². The summed E-state index contributed by atoms with van der Waals surface area (Å²) >= 11 is 0. The molecular weight excluding hydrogens is 461 g/mol. The summed E-state index contributed by atoms with van der Waals surface area (Å²) in [5, 5.41) is 6.00. The predicted octanol–water partition coefficient (Wildman–Crippen LogP) is 4.12. The number of ether oxygens (including phenoxy) is 1. The van der Waals surface area contributed by atoms with E-state index >= 15 is 0 Å². The summed E-state index contributed by atoms with van der Waals surface area (Å²) in [4.78, 5) is 32.5. The van der Waals surface area contributed by atoms with Crippen LogP contribution >= 0.6 is 0 Å². The second-order valence-corrected chi connectivity index (χ2v) is 8.72. The van der Waals surface area contributed by atoms with Crippen LogP contribution in [-0.4, -0.2) is 41.2 Å². The number of aromatic nitrogens is 2. The summed E-state index contributed by atoms with van der Waals surface area (Å²) in [6.45, 7) is 3.12. The van der Waals surface area contributed by atoms with E-state index in [0.717, 1.165) is 28.0 Å². The van der Waals surface area contributed by atoms with Gasteiger partial charge in [-0.3, -0.25) is 9.69 Å². The largest absolute Gasteiger partial charge is 0.442 e. The van der Waals surface area contributed by atoms with Crippen molar-refractivity contribution in [2.24, 2.45) is 0 Å². The summed E-state index contributed by atoms with van der Waals surface area (Å²) < 4.78 is 20.2. The molecule has 1 saturated heterocycles. The highest BCUT2D eigenvalue weighted by molar-refractivity contribution is 5.90. The van der Waals surface area contributed by atoms with Gasteiger partial charge in [-0.05, 0) is 41.5 Å². The molecule has 0 bridgehead atoms. The van der Waals surface area contributed by atoms with Gasteiger partial charge in [0.15, 0.2) is 0 Å². The number of imidazole rings is 1. The fourth-order valence-electron chi connectivity index (χ4n) is 4.22. The van der Waals surface area contributed by atoms with Crippen LogP contribution in [0.3, 0.4) is 0 Å². The van der Waals surface area contributed by atoms with E-state index in [-0.39, 0.29) is 19.0 Å². The number of amides is 2. The first-order valence-corrected chi connectivity index (χ1v) is 11.7. The quantitative estimate of drug-likeness (QED) is 0.347. The molecule has 0 aliphatic carbocycles. The van der Waals surface area contributed by atoms with E-state index < -0.39 is 18.0 Å². The summed E-state index contributed by atoms with van der Waals surface area (Å²) in [7, 11) is 0. The van der Waals surface area contributed by atoms with Gasteiger partial charge in [0.2, 0.25) is 5.91 Å². The van der Waals surface area contributed by atoms with Gasteiger partial charge in [0, 0.05) is 19.0 Å². The number of halogens is 1. The molecule has 2 heterocycles. The number of fused-ring (bicyclic) bond motifs is 1. The SMILES string of the molecule is CC(=O)NC[C@H]1CN(c2ccc(-c3ccc(CNCc4nc5ccccc5[nH]4)cc3)c(F)c2)C(=O)O1. The molecule has 184 valence electrons. The Balaban J connectivity index is 1.19. The fraction of sp³-hybridized carbons (Fsp3) is 0.222. The summed E-state index contributed by atoms with van der Waals surface area (Å²) in [5.41, 5.74) is 4.63. The van der Waals surface area contributed by atoms with E-state index in [2.05, 4.69) is 20.6 Å². The van der Waals surface area contributed by atoms with Crippen molar-refractivity contribution in [2.75, 3.05) is 18.0 Å². The Kier molecular flexibility index (Phi) is 6.64. The zero-order valence-corrected chi connectivity index (χ0v) is 19.8. The molecule has 1 atom stereocenters. The monoisotopic (exact) mass is 487 g/mol. The Morgan fingerprint density at radius 1 is 1.14 bits per heavy atom. The van der Waals surface area contributed by atoms with Gasteiger partial charge in [0.25, 0.3) is 0 Å². The lowest BCUT2D eigenvalue weighted by atomic mass is 10.0. The van der Waals surface area contributed by atoms with Crippen LogP contribution in [0.2, 0.25) is 0 Å². The van der Waals surface area contributed by atoms with Gasteiger partial charge in [-0.15, -0.1) is 0 Å². The van der Waals surface area contributed by atoms with Gasteiger partial charge in [0.1, 0.15) is 17.7 Å².